The molecule has 0 atom stereocenters. The van der Waals surface area contributed by atoms with Crippen molar-refractivity contribution in [3.05, 3.63) is 0 Å². The van der Waals surface area contributed by atoms with E-state index in [1.165, 1.54) is 45.4 Å². The first-order chi connectivity index (χ1) is 7.63. The van der Waals surface area contributed by atoms with E-state index in [4.69, 9.17) is 0 Å². The third kappa shape index (κ3) is 8.12. The SMILES string of the molecule is CCC.CNCC1CCN(CC(C)C)CC1. The lowest BCUT2D eigenvalue weighted by Gasteiger charge is -2.32. The van der Waals surface area contributed by atoms with E-state index in [0.717, 1.165) is 11.8 Å². The van der Waals surface area contributed by atoms with Gasteiger partial charge in [-0.3, -0.25) is 0 Å². The first-order valence-electron chi connectivity index (χ1n) is 7.00. The third-order valence-corrected chi connectivity index (χ3v) is 2.82. The molecule has 1 heterocycles. The molecule has 0 aromatic heterocycles. The topological polar surface area (TPSA) is 15.3 Å². The van der Waals surface area contributed by atoms with Crippen LogP contribution in [0, 0.1) is 11.8 Å². The molecule has 0 bridgehead atoms. The molecule has 98 valence electrons. The fourth-order valence-electron chi connectivity index (χ4n) is 2.18. The predicted octanol–water partition coefficient (Wildman–Crippen LogP) is 2.99. The summed E-state index contributed by atoms with van der Waals surface area (Å²) in [6.07, 6.45) is 4.02. The Hall–Kier alpha value is -0.0800. The average molecular weight is 228 g/mol. The molecular weight excluding hydrogens is 196 g/mol. The van der Waals surface area contributed by atoms with Crippen molar-refractivity contribution >= 4 is 0 Å². The highest BCUT2D eigenvalue weighted by molar-refractivity contribution is 4.73. The molecule has 1 aliphatic rings. The maximum atomic E-state index is 3.27. The summed E-state index contributed by atoms with van der Waals surface area (Å²) in [5.41, 5.74) is 0. The normalized spacial score (nSPS) is 18.4. The molecule has 2 nitrogen and oxygen atoms in total. The fraction of sp³-hybridized carbons (Fsp3) is 1.00. The number of hydrogen-bond donors (Lipinski definition) is 1. The van der Waals surface area contributed by atoms with Crippen molar-refractivity contribution in [3.63, 3.8) is 0 Å². The van der Waals surface area contributed by atoms with Crippen LogP contribution < -0.4 is 5.32 Å². The molecule has 0 radical (unpaired) electrons. The van der Waals surface area contributed by atoms with Crippen molar-refractivity contribution in [1.29, 1.82) is 0 Å². The smallest absolute Gasteiger partial charge is 0.000439 e. The Morgan fingerprint density at radius 1 is 1.19 bits per heavy atom. The Morgan fingerprint density at radius 3 is 2.06 bits per heavy atom. The molecule has 0 unspecified atom stereocenters. The Labute approximate surface area is 103 Å². The summed E-state index contributed by atoms with van der Waals surface area (Å²) >= 11 is 0. The van der Waals surface area contributed by atoms with Gasteiger partial charge in [-0.05, 0) is 51.4 Å². The largest absolute Gasteiger partial charge is 0.319 e. The van der Waals surface area contributed by atoms with E-state index in [0.29, 0.717) is 0 Å². The Balaban J connectivity index is 0.000000673. The maximum Gasteiger partial charge on any atom is 0.000439 e. The molecule has 0 amide bonds. The number of likely N-dealkylation sites (tertiary alicyclic amines) is 1. The van der Waals surface area contributed by atoms with Gasteiger partial charge in [0.25, 0.3) is 0 Å². The lowest BCUT2D eigenvalue weighted by molar-refractivity contribution is 0.167. The minimum Gasteiger partial charge on any atom is -0.319 e. The summed E-state index contributed by atoms with van der Waals surface area (Å²) in [4.78, 5) is 2.61. The minimum absolute atomic E-state index is 0.820. The van der Waals surface area contributed by atoms with E-state index in [2.05, 4.69) is 45.0 Å². The van der Waals surface area contributed by atoms with E-state index >= 15 is 0 Å². The summed E-state index contributed by atoms with van der Waals surface area (Å²) in [5.74, 6) is 1.74. The van der Waals surface area contributed by atoms with Gasteiger partial charge < -0.3 is 10.2 Å². The average Bonchev–Trinajstić information content (AvgIpc) is 2.22. The zero-order valence-corrected chi connectivity index (χ0v) is 12.1. The van der Waals surface area contributed by atoms with Crippen LogP contribution in [0.2, 0.25) is 0 Å². The van der Waals surface area contributed by atoms with Crippen LogP contribution >= 0.6 is 0 Å². The van der Waals surface area contributed by atoms with Crippen LogP contribution in [0.5, 0.6) is 0 Å². The number of nitrogens with zero attached hydrogens (tertiary/aromatic N) is 1. The molecule has 1 fully saturated rings. The highest BCUT2D eigenvalue weighted by Crippen LogP contribution is 2.16. The molecular formula is C14H32N2. The second-order valence-corrected chi connectivity index (χ2v) is 5.40. The van der Waals surface area contributed by atoms with Crippen molar-refractivity contribution in [3.8, 4) is 0 Å². The molecule has 16 heavy (non-hydrogen) atoms. The van der Waals surface area contributed by atoms with E-state index in [9.17, 15) is 0 Å². The number of piperidine rings is 1. The van der Waals surface area contributed by atoms with Gasteiger partial charge in [-0.2, -0.15) is 0 Å². The molecule has 0 aromatic rings. The lowest BCUT2D eigenvalue weighted by Crippen LogP contribution is -2.38. The van der Waals surface area contributed by atoms with Gasteiger partial charge >= 0.3 is 0 Å². The summed E-state index contributed by atoms with van der Waals surface area (Å²) in [5, 5.41) is 3.27. The standard InChI is InChI=1S/C11H24N2.C3H8/c1-10(2)9-13-6-4-11(5-7-13)8-12-3;1-3-2/h10-12H,4-9H2,1-3H3;3H2,1-2H3. The second-order valence-electron chi connectivity index (χ2n) is 5.40. The van der Waals surface area contributed by atoms with Crippen LogP contribution in [0.4, 0.5) is 0 Å². The van der Waals surface area contributed by atoms with Crippen molar-refractivity contribution in [2.24, 2.45) is 11.8 Å². The quantitative estimate of drug-likeness (QED) is 0.796. The summed E-state index contributed by atoms with van der Waals surface area (Å²) in [6.45, 7) is 14.0. The van der Waals surface area contributed by atoms with E-state index in [1.54, 1.807) is 0 Å². The molecule has 0 aliphatic carbocycles. The molecule has 1 rings (SSSR count). The summed E-state index contributed by atoms with van der Waals surface area (Å²) < 4.78 is 0. The van der Waals surface area contributed by atoms with Crippen LogP contribution in [0.15, 0.2) is 0 Å². The first-order valence-corrected chi connectivity index (χ1v) is 7.00. The number of nitrogens with one attached hydrogen (secondary N) is 1. The van der Waals surface area contributed by atoms with Crippen LogP contribution in [0.1, 0.15) is 47.0 Å². The van der Waals surface area contributed by atoms with Crippen LogP contribution in [0.25, 0.3) is 0 Å². The zero-order chi connectivity index (χ0) is 12.4. The Morgan fingerprint density at radius 2 is 1.69 bits per heavy atom. The van der Waals surface area contributed by atoms with Gasteiger partial charge in [0.15, 0.2) is 0 Å². The van der Waals surface area contributed by atoms with Crippen molar-refractivity contribution in [2.45, 2.75) is 47.0 Å². The van der Waals surface area contributed by atoms with Gasteiger partial charge in [0.1, 0.15) is 0 Å². The maximum absolute atomic E-state index is 3.27. The molecule has 0 aromatic carbocycles. The molecule has 0 spiro atoms. The van der Waals surface area contributed by atoms with E-state index in [-0.39, 0.29) is 0 Å². The minimum atomic E-state index is 0.820. The number of hydrogen-bond acceptors (Lipinski definition) is 2. The molecule has 1 aliphatic heterocycles. The van der Waals surface area contributed by atoms with E-state index < -0.39 is 0 Å². The zero-order valence-electron chi connectivity index (χ0n) is 12.1. The van der Waals surface area contributed by atoms with Crippen LogP contribution in [0.3, 0.4) is 0 Å². The van der Waals surface area contributed by atoms with Crippen molar-refractivity contribution in [2.75, 3.05) is 33.2 Å². The van der Waals surface area contributed by atoms with Gasteiger partial charge in [0.05, 0.1) is 0 Å². The third-order valence-electron chi connectivity index (χ3n) is 2.82. The van der Waals surface area contributed by atoms with Gasteiger partial charge in [0.2, 0.25) is 0 Å². The highest BCUT2D eigenvalue weighted by Gasteiger charge is 2.18. The monoisotopic (exact) mass is 228 g/mol. The van der Waals surface area contributed by atoms with Crippen molar-refractivity contribution in [1.82, 2.24) is 10.2 Å². The van der Waals surface area contributed by atoms with Gasteiger partial charge in [-0.25, -0.2) is 0 Å². The van der Waals surface area contributed by atoms with Gasteiger partial charge in [-0.15, -0.1) is 0 Å². The summed E-state index contributed by atoms with van der Waals surface area (Å²) in [6, 6.07) is 0. The predicted molar refractivity (Wildman–Crippen MR) is 73.9 cm³/mol. The fourth-order valence-corrected chi connectivity index (χ4v) is 2.18. The van der Waals surface area contributed by atoms with Gasteiger partial charge in [-0.1, -0.05) is 34.1 Å². The highest BCUT2D eigenvalue weighted by atomic mass is 15.1. The molecule has 1 N–H and O–H groups in total. The number of rotatable bonds is 4. The Bertz CT molecular complexity index is 138. The molecule has 1 saturated heterocycles. The van der Waals surface area contributed by atoms with Crippen molar-refractivity contribution < 1.29 is 0 Å². The lowest BCUT2D eigenvalue weighted by atomic mass is 9.96. The summed E-state index contributed by atoms with van der Waals surface area (Å²) in [7, 11) is 2.06. The second kappa shape index (κ2) is 10.1. The molecule has 2 heteroatoms. The van der Waals surface area contributed by atoms with Crippen LogP contribution in [-0.2, 0) is 0 Å². The Kier molecular flexibility index (Phi) is 10.0. The van der Waals surface area contributed by atoms with E-state index in [1.807, 2.05) is 0 Å². The van der Waals surface area contributed by atoms with Gasteiger partial charge in [0, 0.05) is 6.54 Å². The van der Waals surface area contributed by atoms with Crippen LogP contribution in [-0.4, -0.2) is 38.1 Å². The molecule has 0 saturated carbocycles. The first kappa shape index (κ1) is 15.9.